The van der Waals surface area contributed by atoms with Gasteiger partial charge < -0.3 is 0 Å². The number of halogens is 8. The summed E-state index contributed by atoms with van der Waals surface area (Å²) >= 11 is 0. The van der Waals surface area contributed by atoms with E-state index in [4.69, 9.17) is 0 Å². The number of hydrogen-bond donors (Lipinski definition) is 0. The van der Waals surface area contributed by atoms with Crippen molar-refractivity contribution >= 4 is 19.7 Å². The average molecular weight is 290 g/mol. The van der Waals surface area contributed by atoms with Crippen molar-refractivity contribution in [2.24, 2.45) is 0 Å². The van der Waals surface area contributed by atoms with Crippen LogP contribution < -0.4 is 0 Å². The molecule has 1 nitrogen and oxygen atoms in total. The van der Waals surface area contributed by atoms with Crippen LogP contribution in [-0.4, -0.2) is 4.98 Å². The third kappa shape index (κ3) is 3.14. The van der Waals surface area contributed by atoms with Gasteiger partial charge in [0.05, 0.1) is 5.56 Å². The first-order valence-corrected chi connectivity index (χ1v) is 6.35. The van der Waals surface area contributed by atoms with Crippen molar-refractivity contribution in [1.82, 2.24) is 4.98 Å². The Bertz CT molecular complexity index is 404. The average Bonchev–Trinajstić information content (AvgIpc) is 1.99. The van der Waals surface area contributed by atoms with Gasteiger partial charge in [-0.15, -0.1) is 15.5 Å². The molecule has 94 valence electrons. The highest BCUT2D eigenvalue weighted by atomic mass is 35.7. The Morgan fingerprint density at radius 1 is 1.06 bits per heavy atom. The Morgan fingerprint density at radius 2 is 1.56 bits per heavy atom. The van der Waals surface area contributed by atoms with Crippen molar-refractivity contribution in [2.45, 2.75) is 11.2 Å². The van der Waals surface area contributed by atoms with E-state index >= 15 is 0 Å². The van der Waals surface area contributed by atoms with Crippen LogP contribution in [0.5, 0.6) is 0 Å². The van der Waals surface area contributed by atoms with Crippen molar-refractivity contribution in [3.8, 4) is 0 Å². The molecule has 0 aromatic carbocycles. The predicted octanol–water partition coefficient (Wildman–Crippen LogP) is 5.03. The summed E-state index contributed by atoms with van der Waals surface area (Å²) in [5.74, 6) is 0. The lowest BCUT2D eigenvalue weighted by Crippen LogP contribution is -2.10. The first-order valence-electron chi connectivity index (χ1n) is 3.47. The summed E-state index contributed by atoms with van der Waals surface area (Å²) in [6.07, 6.45) is -4.98. The smallest absolute Gasteiger partial charge is 0.242 e. The zero-order valence-electron chi connectivity index (χ0n) is 7.11. The minimum atomic E-state index is -9.02. The van der Waals surface area contributed by atoms with Crippen LogP contribution in [0.3, 0.4) is 0 Å². The molecule has 0 saturated carbocycles. The van der Waals surface area contributed by atoms with E-state index in [0.29, 0.717) is 0 Å². The summed E-state index contributed by atoms with van der Waals surface area (Å²) in [5, 5.41) is -2.16. The molecule has 0 bridgehead atoms. The van der Waals surface area contributed by atoms with E-state index in [-0.39, 0.29) is 18.3 Å². The van der Waals surface area contributed by atoms with Gasteiger partial charge in [-0.05, 0) is 12.1 Å². The highest BCUT2D eigenvalue weighted by molar-refractivity contribution is 8.65. The molecule has 10 heteroatoms. The summed E-state index contributed by atoms with van der Waals surface area (Å²) in [5.41, 5.74) is -1.42. The maximum atomic E-state index is 12.5. The maximum Gasteiger partial charge on any atom is 0.417 e. The van der Waals surface area contributed by atoms with Crippen molar-refractivity contribution in [1.29, 1.82) is 0 Å². The van der Waals surface area contributed by atoms with Gasteiger partial charge in [-0.2, -0.15) is 13.2 Å². The van der Waals surface area contributed by atoms with Crippen LogP contribution in [0.2, 0.25) is 0 Å². The summed E-state index contributed by atoms with van der Waals surface area (Å²) in [6.45, 7) is 0. The van der Waals surface area contributed by atoms with Crippen LogP contribution in [-0.2, 0) is 6.18 Å². The van der Waals surface area contributed by atoms with Gasteiger partial charge in [0.25, 0.3) is 9.05 Å². The third-order valence-electron chi connectivity index (χ3n) is 1.46. The topological polar surface area (TPSA) is 12.9 Å². The Labute approximate surface area is 89.2 Å². The molecule has 1 heterocycles. The standard InChI is InChI=1S/C6H3ClF7NS/c7-16(11,12,13,14)5-2-1-4(3-15-5)6(8,9)10/h1-3H. The number of rotatable bonds is 1. The molecule has 0 spiro atoms. The van der Waals surface area contributed by atoms with Gasteiger partial charge in [0, 0.05) is 16.9 Å². The summed E-state index contributed by atoms with van der Waals surface area (Å²) < 4.78 is 85.8. The van der Waals surface area contributed by atoms with Crippen molar-refractivity contribution in [3.05, 3.63) is 23.9 Å². The van der Waals surface area contributed by atoms with Crippen LogP contribution in [0.1, 0.15) is 5.56 Å². The van der Waals surface area contributed by atoms with Crippen LogP contribution in [0.25, 0.3) is 0 Å². The van der Waals surface area contributed by atoms with Gasteiger partial charge in [-0.1, -0.05) is 0 Å². The summed E-state index contributed by atoms with van der Waals surface area (Å²) in [7, 11) is -5.18. The van der Waals surface area contributed by atoms with Crippen molar-refractivity contribution in [3.63, 3.8) is 0 Å². The fourth-order valence-electron chi connectivity index (χ4n) is 0.776. The zero-order valence-corrected chi connectivity index (χ0v) is 8.68. The number of alkyl halides is 3. The van der Waals surface area contributed by atoms with E-state index in [0.717, 1.165) is 0 Å². The Kier molecular flexibility index (Phi) is 2.30. The summed E-state index contributed by atoms with van der Waals surface area (Å²) in [6, 6.07) is -0.0829. The molecule has 0 radical (unpaired) electrons. The minimum absolute atomic E-state index is 0.0586. The Morgan fingerprint density at radius 3 is 1.81 bits per heavy atom. The molecular formula is C6H3ClF7NS. The van der Waals surface area contributed by atoms with E-state index in [9.17, 15) is 28.7 Å². The quantitative estimate of drug-likeness (QED) is 0.661. The molecule has 0 fully saturated rings. The SMILES string of the molecule is FC(F)(F)c1ccc(S(F)(F)(F)(F)Cl)nc1. The molecule has 0 aliphatic rings. The van der Waals surface area contributed by atoms with Crippen LogP contribution >= 0.6 is 19.7 Å². The fourth-order valence-corrected chi connectivity index (χ4v) is 1.63. The van der Waals surface area contributed by atoms with Crippen molar-refractivity contribution in [2.75, 3.05) is 0 Å². The van der Waals surface area contributed by atoms with Crippen LogP contribution in [0.4, 0.5) is 28.7 Å². The van der Waals surface area contributed by atoms with Gasteiger partial charge in [-0.3, -0.25) is 0 Å². The lowest BCUT2D eigenvalue weighted by atomic mass is 10.3. The maximum absolute atomic E-state index is 12.5. The Balaban J connectivity index is 3.27. The third-order valence-corrected chi connectivity index (χ3v) is 2.97. The van der Waals surface area contributed by atoms with E-state index < -0.39 is 25.8 Å². The number of hydrogen-bond acceptors (Lipinski definition) is 1. The second-order valence-electron chi connectivity index (χ2n) is 2.85. The largest absolute Gasteiger partial charge is 0.417 e. The molecule has 1 rings (SSSR count). The molecule has 0 amide bonds. The van der Waals surface area contributed by atoms with E-state index in [1.807, 2.05) is 0 Å². The highest BCUT2D eigenvalue weighted by Gasteiger charge is 2.64. The highest BCUT2D eigenvalue weighted by Crippen LogP contribution is 3.03. The van der Waals surface area contributed by atoms with Gasteiger partial charge in [-0.25, -0.2) is 4.98 Å². The van der Waals surface area contributed by atoms with Crippen molar-refractivity contribution < 1.29 is 28.7 Å². The minimum Gasteiger partial charge on any atom is -0.242 e. The summed E-state index contributed by atoms with van der Waals surface area (Å²) in [4.78, 5) is 2.36. The predicted molar refractivity (Wildman–Crippen MR) is 45.4 cm³/mol. The lowest BCUT2D eigenvalue weighted by Gasteiger charge is -2.41. The molecule has 1 aromatic heterocycles. The Hall–Kier alpha value is -0.700. The molecule has 0 N–H and O–H groups in total. The van der Waals surface area contributed by atoms with E-state index in [1.165, 1.54) is 0 Å². The molecule has 0 saturated heterocycles. The molecule has 0 aliphatic carbocycles. The van der Waals surface area contributed by atoms with Crippen LogP contribution in [0.15, 0.2) is 23.4 Å². The molecule has 0 aliphatic heterocycles. The fraction of sp³-hybridized carbons (Fsp3) is 0.167. The van der Waals surface area contributed by atoms with Gasteiger partial charge >= 0.3 is 6.18 Å². The monoisotopic (exact) mass is 289 g/mol. The normalized spacial score (nSPS) is 17.8. The molecule has 0 unspecified atom stereocenters. The second kappa shape index (κ2) is 2.76. The van der Waals surface area contributed by atoms with E-state index in [1.54, 1.807) is 0 Å². The second-order valence-corrected chi connectivity index (χ2v) is 7.07. The number of pyridine rings is 1. The number of aromatic nitrogens is 1. The molecular weight excluding hydrogens is 287 g/mol. The molecule has 16 heavy (non-hydrogen) atoms. The molecule has 1 aromatic rings. The lowest BCUT2D eigenvalue weighted by molar-refractivity contribution is -0.137. The van der Waals surface area contributed by atoms with Crippen LogP contribution in [0, 0.1) is 0 Å². The molecule has 0 atom stereocenters. The van der Waals surface area contributed by atoms with Gasteiger partial charge in [0.15, 0.2) is 5.03 Å². The first-order chi connectivity index (χ1) is 6.70. The van der Waals surface area contributed by atoms with Gasteiger partial charge in [0.1, 0.15) is 0 Å². The first kappa shape index (κ1) is 13.4. The zero-order chi connectivity index (χ0) is 12.9. The van der Waals surface area contributed by atoms with E-state index in [2.05, 4.69) is 15.7 Å². The number of nitrogens with zero attached hydrogens (tertiary/aromatic N) is 1. The van der Waals surface area contributed by atoms with Gasteiger partial charge in [0.2, 0.25) is 0 Å².